The van der Waals surface area contributed by atoms with Gasteiger partial charge in [0.1, 0.15) is 22.0 Å². The van der Waals surface area contributed by atoms with Gasteiger partial charge < -0.3 is 9.47 Å². The quantitative estimate of drug-likeness (QED) is 0.563. The molecule has 3 aromatic rings. The van der Waals surface area contributed by atoms with Crippen LogP contribution in [0.3, 0.4) is 0 Å². The maximum absolute atomic E-state index is 12.5. The Balaban J connectivity index is 1.94. The second kappa shape index (κ2) is 8.89. The van der Waals surface area contributed by atoms with Crippen molar-refractivity contribution in [2.24, 2.45) is 0 Å². The largest absolute Gasteiger partial charge is 0.462 e. The van der Waals surface area contributed by atoms with Crippen LogP contribution in [0.5, 0.6) is 11.5 Å². The summed E-state index contributed by atoms with van der Waals surface area (Å²) in [6.07, 6.45) is 5.56. The number of hydrogen-bond acceptors (Lipinski definition) is 7. The molecular weight excluding hydrogens is 418 g/mol. The molecule has 2 aromatic heterocycles. The fourth-order valence-electron chi connectivity index (χ4n) is 2.35. The number of halogens is 1. The number of benzene rings is 1. The first kappa shape index (κ1) is 20.6. The van der Waals surface area contributed by atoms with Crippen LogP contribution < -0.4 is 9.46 Å². The Kier molecular flexibility index (Phi) is 6.30. The molecule has 0 unspecified atom stereocenters. The van der Waals surface area contributed by atoms with E-state index in [4.69, 9.17) is 21.1 Å². The molecule has 0 atom stereocenters. The van der Waals surface area contributed by atoms with Crippen LogP contribution in [0.1, 0.15) is 17.3 Å². The van der Waals surface area contributed by atoms with Crippen molar-refractivity contribution in [1.82, 2.24) is 9.97 Å². The predicted octanol–water partition coefficient (Wildman–Crippen LogP) is 3.90. The van der Waals surface area contributed by atoms with E-state index < -0.39 is 16.0 Å². The monoisotopic (exact) mass is 433 g/mol. The van der Waals surface area contributed by atoms with Crippen LogP contribution in [0.25, 0.3) is 0 Å². The lowest BCUT2D eigenvalue weighted by Gasteiger charge is -2.13. The van der Waals surface area contributed by atoms with E-state index in [0.29, 0.717) is 10.8 Å². The topological polar surface area (TPSA) is 107 Å². The number of rotatable bonds is 7. The second-order valence-corrected chi connectivity index (χ2v) is 7.79. The van der Waals surface area contributed by atoms with E-state index in [2.05, 4.69) is 14.7 Å². The number of sulfonamides is 1. The molecule has 0 saturated carbocycles. The molecule has 1 aromatic carbocycles. The third kappa shape index (κ3) is 5.21. The molecule has 0 bridgehead atoms. The molecule has 0 amide bonds. The van der Waals surface area contributed by atoms with Gasteiger partial charge in [-0.3, -0.25) is 14.7 Å². The number of anilines is 1. The third-order valence-electron chi connectivity index (χ3n) is 3.58. The highest BCUT2D eigenvalue weighted by Gasteiger charge is 2.19. The number of carbonyl (C=O) groups is 1. The number of esters is 1. The smallest absolute Gasteiger partial charge is 0.342 e. The van der Waals surface area contributed by atoms with E-state index in [-0.39, 0.29) is 28.5 Å². The highest BCUT2D eigenvalue weighted by Crippen LogP contribution is 2.30. The lowest BCUT2D eigenvalue weighted by molar-refractivity contribution is 0.0523. The molecule has 0 radical (unpaired) electrons. The molecule has 1 N–H and O–H groups in total. The SMILES string of the molecule is CCOC(=O)c1cc(NS(=O)(=O)c2cccnc2)ccc1Oc1cncc(Cl)c1. The van der Waals surface area contributed by atoms with Gasteiger partial charge in [-0.25, -0.2) is 13.2 Å². The highest BCUT2D eigenvalue weighted by molar-refractivity contribution is 7.92. The van der Waals surface area contributed by atoms with E-state index in [1.54, 1.807) is 6.92 Å². The predicted molar refractivity (Wildman–Crippen MR) is 107 cm³/mol. The van der Waals surface area contributed by atoms with Gasteiger partial charge in [-0.05, 0) is 37.3 Å². The van der Waals surface area contributed by atoms with E-state index in [0.717, 1.165) is 0 Å². The summed E-state index contributed by atoms with van der Waals surface area (Å²) in [6.45, 7) is 1.80. The van der Waals surface area contributed by atoms with Gasteiger partial charge in [-0.2, -0.15) is 0 Å². The number of nitrogens with one attached hydrogen (secondary N) is 1. The van der Waals surface area contributed by atoms with Gasteiger partial charge in [0, 0.05) is 30.3 Å². The Hall–Kier alpha value is -3.17. The Morgan fingerprint density at radius 3 is 2.66 bits per heavy atom. The van der Waals surface area contributed by atoms with Crippen LogP contribution in [-0.2, 0) is 14.8 Å². The summed E-state index contributed by atoms with van der Waals surface area (Å²) >= 11 is 5.90. The van der Waals surface area contributed by atoms with Crippen molar-refractivity contribution in [1.29, 1.82) is 0 Å². The van der Waals surface area contributed by atoms with Crippen molar-refractivity contribution < 1.29 is 22.7 Å². The van der Waals surface area contributed by atoms with Crippen molar-refractivity contribution in [3.63, 3.8) is 0 Å². The normalized spacial score (nSPS) is 11.0. The van der Waals surface area contributed by atoms with Crippen molar-refractivity contribution in [2.45, 2.75) is 11.8 Å². The minimum absolute atomic E-state index is 0.0111. The zero-order chi connectivity index (χ0) is 20.9. The molecule has 150 valence electrons. The lowest BCUT2D eigenvalue weighted by Crippen LogP contribution is -2.14. The first-order valence-corrected chi connectivity index (χ1v) is 10.3. The maximum atomic E-state index is 12.5. The van der Waals surface area contributed by atoms with Crippen molar-refractivity contribution in [2.75, 3.05) is 11.3 Å². The van der Waals surface area contributed by atoms with Crippen molar-refractivity contribution in [3.05, 3.63) is 71.8 Å². The van der Waals surface area contributed by atoms with E-state index in [1.165, 1.54) is 61.2 Å². The second-order valence-electron chi connectivity index (χ2n) is 5.67. The van der Waals surface area contributed by atoms with E-state index in [9.17, 15) is 13.2 Å². The minimum Gasteiger partial charge on any atom is -0.462 e. The molecule has 3 rings (SSSR count). The van der Waals surface area contributed by atoms with Gasteiger partial charge in [-0.1, -0.05) is 11.6 Å². The molecule has 0 aliphatic heterocycles. The van der Waals surface area contributed by atoms with Crippen LogP contribution in [0.15, 0.2) is 66.1 Å². The van der Waals surface area contributed by atoms with Crippen LogP contribution in [0.2, 0.25) is 5.02 Å². The van der Waals surface area contributed by atoms with Crippen LogP contribution in [0.4, 0.5) is 5.69 Å². The van der Waals surface area contributed by atoms with E-state index in [1.807, 2.05) is 0 Å². The van der Waals surface area contributed by atoms with Gasteiger partial charge in [0.05, 0.1) is 17.8 Å². The molecule has 29 heavy (non-hydrogen) atoms. The number of ether oxygens (including phenoxy) is 2. The molecule has 0 spiro atoms. The molecule has 0 saturated heterocycles. The Labute approximate surface area is 172 Å². The van der Waals surface area contributed by atoms with Gasteiger partial charge in [0.15, 0.2) is 0 Å². The van der Waals surface area contributed by atoms with Crippen LogP contribution in [0, 0.1) is 0 Å². The maximum Gasteiger partial charge on any atom is 0.342 e. The summed E-state index contributed by atoms with van der Waals surface area (Å²) in [5.74, 6) is -0.191. The lowest BCUT2D eigenvalue weighted by atomic mass is 10.2. The minimum atomic E-state index is -3.88. The average molecular weight is 434 g/mol. The Morgan fingerprint density at radius 2 is 1.97 bits per heavy atom. The number of nitrogens with zero attached hydrogens (tertiary/aromatic N) is 2. The summed E-state index contributed by atoms with van der Waals surface area (Å²) in [5, 5.41) is 0.362. The summed E-state index contributed by atoms with van der Waals surface area (Å²) in [6, 6.07) is 8.69. The van der Waals surface area contributed by atoms with Gasteiger partial charge in [0.2, 0.25) is 0 Å². The highest BCUT2D eigenvalue weighted by atomic mass is 35.5. The van der Waals surface area contributed by atoms with E-state index >= 15 is 0 Å². The Bertz CT molecular complexity index is 1120. The molecule has 10 heteroatoms. The van der Waals surface area contributed by atoms with Gasteiger partial charge in [-0.15, -0.1) is 0 Å². The zero-order valence-corrected chi connectivity index (χ0v) is 16.8. The van der Waals surface area contributed by atoms with Crippen LogP contribution in [-0.4, -0.2) is 31.0 Å². The van der Waals surface area contributed by atoms with Crippen molar-refractivity contribution >= 4 is 33.3 Å². The summed E-state index contributed by atoms with van der Waals surface area (Å²) in [5.41, 5.74) is 0.201. The average Bonchev–Trinajstić information content (AvgIpc) is 2.70. The van der Waals surface area contributed by atoms with Gasteiger partial charge >= 0.3 is 5.97 Å². The fraction of sp³-hybridized carbons (Fsp3) is 0.105. The van der Waals surface area contributed by atoms with Gasteiger partial charge in [0.25, 0.3) is 10.0 Å². The van der Waals surface area contributed by atoms with Crippen molar-refractivity contribution in [3.8, 4) is 11.5 Å². The molecular formula is C19H16ClN3O5S. The third-order valence-corrected chi connectivity index (χ3v) is 5.15. The summed E-state index contributed by atoms with van der Waals surface area (Å²) in [7, 11) is -3.88. The zero-order valence-electron chi connectivity index (χ0n) is 15.2. The molecule has 0 aliphatic carbocycles. The molecule has 0 fully saturated rings. The molecule has 2 heterocycles. The summed E-state index contributed by atoms with van der Waals surface area (Å²) in [4.78, 5) is 20.1. The number of carbonyl (C=O) groups excluding carboxylic acids is 1. The first-order chi connectivity index (χ1) is 13.9. The van der Waals surface area contributed by atoms with Crippen LogP contribution >= 0.6 is 11.6 Å². The first-order valence-electron chi connectivity index (χ1n) is 8.41. The molecule has 8 nitrogen and oxygen atoms in total. The Morgan fingerprint density at radius 1 is 1.14 bits per heavy atom. The number of aromatic nitrogens is 2. The standard InChI is InChI=1S/C19H16ClN3O5S/c1-2-27-19(24)17-9-14(23-29(25,26)16-4-3-7-21-12-16)5-6-18(17)28-15-8-13(20)10-22-11-15/h3-12,23H,2H2,1H3. The summed E-state index contributed by atoms with van der Waals surface area (Å²) < 4.78 is 38.2. The fourth-order valence-corrected chi connectivity index (χ4v) is 3.52. The number of hydrogen-bond donors (Lipinski definition) is 1. The number of pyridine rings is 2. The molecule has 0 aliphatic rings.